The molecular weight excluding hydrogens is 246 g/mol. The van der Waals surface area contributed by atoms with Gasteiger partial charge in [-0.05, 0) is 22.9 Å². The van der Waals surface area contributed by atoms with Crippen molar-refractivity contribution in [1.29, 1.82) is 0 Å². The Morgan fingerprint density at radius 1 is 1.11 bits per heavy atom. The fourth-order valence-electron chi connectivity index (χ4n) is 1.79. The van der Waals surface area contributed by atoms with Crippen molar-refractivity contribution < 1.29 is 19.8 Å². The van der Waals surface area contributed by atoms with Crippen molar-refractivity contribution in [2.45, 2.75) is 6.42 Å². The van der Waals surface area contributed by atoms with Crippen molar-refractivity contribution in [2.75, 3.05) is 6.54 Å². The smallest absolute Gasteiger partial charge is 0.305 e. The van der Waals surface area contributed by atoms with Gasteiger partial charge in [0.1, 0.15) is 5.75 Å². The third-order valence-electron chi connectivity index (χ3n) is 2.73. The molecule has 0 saturated carbocycles. The Balaban J connectivity index is 2.21. The summed E-state index contributed by atoms with van der Waals surface area (Å²) in [6, 6.07) is 10.5. The van der Waals surface area contributed by atoms with Crippen LogP contribution >= 0.6 is 0 Å². The molecule has 0 aromatic heterocycles. The van der Waals surface area contributed by atoms with Crippen LogP contribution in [0.1, 0.15) is 16.8 Å². The third kappa shape index (κ3) is 3.01. The summed E-state index contributed by atoms with van der Waals surface area (Å²) in [6.45, 7) is 0.0282. The molecular formula is C14H13NO4. The van der Waals surface area contributed by atoms with Crippen molar-refractivity contribution in [1.82, 2.24) is 5.32 Å². The number of carbonyl (C=O) groups is 2. The fourth-order valence-corrected chi connectivity index (χ4v) is 1.79. The van der Waals surface area contributed by atoms with E-state index in [0.29, 0.717) is 0 Å². The number of hydrogen-bond donors (Lipinski definition) is 3. The monoisotopic (exact) mass is 259 g/mol. The van der Waals surface area contributed by atoms with Crippen molar-refractivity contribution in [3.63, 3.8) is 0 Å². The van der Waals surface area contributed by atoms with E-state index < -0.39 is 11.9 Å². The highest BCUT2D eigenvalue weighted by Gasteiger charge is 2.12. The first kappa shape index (κ1) is 12.9. The minimum atomic E-state index is -0.983. The molecule has 5 nitrogen and oxygen atoms in total. The van der Waals surface area contributed by atoms with Crippen LogP contribution in [0, 0.1) is 0 Å². The van der Waals surface area contributed by atoms with Gasteiger partial charge in [-0.3, -0.25) is 9.59 Å². The van der Waals surface area contributed by atoms with E-state index in [1.54, 1.807) is 6.07 Å². The van der Waals surface area contributed by atoms with Gasteiger partial charge in [0.2, 0.25) is 0 Å². The molecule has 98 valence electrons. The van der Waals surface area contributed by atoms with Gasteiger partial charge in [-0.1, -0.05) is 24.3 Å². The van der Waals surface area contributed by atoms with Crippen LogP contribution in [0.4, 0.5) is 0 Å². The molecule has 2 aromatic carbocycles. The lowest BCUT2D eigenvalue weighted by atomic mass is 10.1. The number of carbonyl (C=O) groups excluding carboxylic acids is 1. The summed E-state index contributed by atoms with van der Waals surface area (Å²) in [5.41, 5.74) is 0.143. The van der Waals surface area contributed by atoms with Gasteiger partial charge in [0, 0.05) is 6.54 Å². The van der Waals surface area contributed by atoms with Gasteiger partial charge < -0.3 is 15.5 Å². The van der Waals surface area contributed by atoms with Gasteiger partial charge >= 0.3 is 5.97 Å². The topological polar surface area (TPSA) is 86.6 Å². The van der Waals surface area contributed by atoms with Crippen LogP contribution in [0.25, 0.3) is 10.8 Å². The van der Waals surface area contributed by atoms with Crippen molar-refractivity contribution in [2.24, 2.45) is 0 Å². The molecule has 0 aliphatic rings. The minimum Gasteiger partial charge on any atom is -0.507 e. The van der Waals surface area contributed by atoms with Gasteiger partial charge in [-0.15, -0.1) is 0 Å². The Bertz CT molecular complexity index is 636. The van der Waals surface area contributed by atoms with Crippen LogP contribution in [-0.4, -0.2) is 28.6 Å². The Labute approximate surface area is 109 Å². The lowest BCUT2D eigenvalue weighted by molar-refractivity contribution is -0.136. The number of phenols is 1. The highest BCUT2D eigenvalue weighted by Crippen LogP contribution is 2.24. The van der Waals surface area contributed by atoms with E-state index in [1.807, 2.05) is 24.3 Å². The first-order chi connectivity index (χ1) is 9.08. The molecule has 3 N–H and O–H groups in total. The molecule has 0 radical (unpaired) electrons. The Morgan fingerprint density at radius 2 is 1.74 bits per heavy atom. The molecule has 0 aliphatic carbocycles. The van der Waals surface area contributed by atoms with Crippen LogP contribution in [0.5, 0.6) is 5.75 Å². The summed E-state index contributed by atoms with van der Waals surface area (Å²) in [6.07, 6.45) is -0.153. The molecule has 5 heteroatoms. The Morgan fingerprint density at radius 3 is 2.37 bits per heavy atom. The van der Waals surface area contributed by atoms with E-state index in [4.69, 9.17) is 5.11 Å². The van der Waals surface area contributed by atoms with Crippen LogP contribution in [0.15, 0.2) is 36.4 Å². The number of hydrogen-bond acceptors (Lipinski definition) is 3. The number of carboxylic acid groups (broad SMARTS) is 1. The number of rotatable bonds is 4. The molecule has 0 atom stereocenters. The molecule has 19 heavy (non-hydrogen) atoms. The number of amides is 1. The molecule has 0 bridgehead atoms. The second-order valence-electron chi connectivity index (χ2n) is 4.12. The molecule has 0 unspecified atom stereocenters. The average Bonchev–Trinajstić information content (AvgIpc) is 2.37. The van der Waals surface area contributed by atoms with Crippen molar-refractivity contribution >= 4 is 22.6 Å². The van der Waals surface area contributed by atoms with Crippen molar-refractivity contribution in [3.8, 4) is 5.75 Å². The van der Waals surface area contributed by atoms with Gasteiger partial charge in [-0.2, -0.15) is 0 Å². The van der Waals surface area contributed by atoms with E-state index in [9.17, 15) is 14.7 Å². The maximum absolute atomic E-state index is 11.8. The first-order valence-corrected chi connectivity index (χ1v) is 5.79. The van der Waals surface area contributed by atoms with Gasteiger partial charge in [0.25, 0.3) is 5.91 Å². The van der Waals surface area contributed by atoms with E-state index >= 15 is 0 Å². The zero-order valence-electron chi connectivity index (χ0n) is 10.1. The van der Waals surface area contributed by atoms with E-state index in [2.05, 4.69) is 5.32 Å². The molecule has 1 amide bonds. The van der Waals surface area contributed by atoms with E-state index in [1.165, 1.54) is 6.07 Å². The summed E-state index contributed by atoms with van der Waals surface area (Å²) >= 11 is 0. The quantitative estimate of drug-likeness (QED) is 0.780. The maximum atomic E-state index is 11.8. The van der Waals surface area contributed by atoms with Gasteiger partial charge in [0.05, 0.1) is 12.0 Å². The average molecular weight is 259 g/mol. The second kappa shape index (κ2) is 5.39. The predicted molar refractivity (Wildman–Crippen MR) is 70.2 cm³/mol. The first-order valence-electron chi connectivity index (χ1n) is 5.79. The molecule has 0 aliphatic heterocycles. The maximum Gasteiger partial charge on any atom is 0.305 e. The number of fused-ring (bicyclic) bond motifs is 1. The largest absolute Gasteiger partial charge is 0.507 e. The minimum absolute atomic E-state index is 0.0282. The van der Waals surface area contributed by atoms with Crippen LogP contribution in [-0.2, 0) is 4.79 Å². The van der Waals surface area contributed by atoms with Gasteiger partial charge in [-0.25, -0.2) is 0 Å². The Hall–Kier alpha value is -2.56. The highest BCUT2D eigenvalue weighted by molar-refractivity contribution is 6.01. The number of phenolic OH excluding ortho intramolecular Hbond substituents is 1. The van der Waals surface area contributed by atoms with E-state index in [0.717, 1.165) is 10.8 Å². The standard InChI is InChI=1S/C14H13NO4/c16-12-8-10-4-2-1-3-9(10)7-11(12)14(19)15-6-5-13(17)18/h1-4,7-8,16H,5-6H2,(H,15,19)(H,17,18). The third-order valence-corrected chi connectivity index (χ3v) is 2.73. The van der Waals surface area contributed by atoms with Crippen LogP contribution in [0.3, 0.4) is 0 Å². The summed E-state index contributed by atoms with van der Waals surface area (Å²) in [4.78, 5) is 22.2. The van der Waals surface area contributed by atoms with Crippen LogP contribution < -0.4 is 5.32 Å². The number of aliphatic carboxylic acids is 1. The van der Waals surface area contributed by atoms with E-state index in [-0.39, 0.29) is 24.3 Å². The molecule has 2 rings (SSSR count). The highest BCUT2D eigenvalue weighted by atomic mass is 16.4. The number of nitrogens with one attached hydrogen (secondary N) is 1. The normalized spacial score (nSPS) is 10.3. The Kier molecular flexibility index (Phi) is 3.66. The zero-order valence-corrected chi connectivity index (χ0v) is 10.1. The number of aromatic hydroxyl groups is 1. The summed E-state index contributed by atoms with van der Waals surface area (Å²) in [7, 11) is 0. The number of carboxylic acids is 1. The second-order valence-corrected chi connectivity index (χ2v) is 4.12. The summed E-state index contributed by atoms with van der Waals surface area (Å²) in [5, 5.41) is 22.4. The van der Waals surface area contributed by atoms with Crippen molar-refractivity contribution in [3.05, 3.63) is 42.0 Å². The molecule has 0 spiro atoms. The van der Waals surface area contributed by atoms with Crippen LogP contribution in [0.2, 0.25) is 0 Å². The van der Waals surface area contributed by atoms with Gasteiger partial charge in [0.15, 0.2) is 0 Å². The lowest BCUT2D eigenvalue weighted by Gasteiger charge is -2.07. The molecule has 0 saturated heterocycles. The lowest BCUT2D eigenvalue weighted by Crippen LogP contribution is -2.26. The summed E-state index contributed by atoms with van der Waals surface area (Å²) in [5.74, 6) is -1.58. The summed E-state index contributed by atoms with van der Waals surface area (Å²) < 4.78 is 0. The number of benzene rings is 2. The molecule has 2 aromatic rings. The molecule has 0 fully saturated rings. The predicted octanol–water partition coefficient (Wildman–Crippen LogP) is 1.75. The SMILES string of the molecule is O=C(O)CCNC(=O)c1cc2ccccc2cc1O. The molecule has 0 heterocycles. The fraction of sp³-hybridized carbons (Fsp3) is 0.143. The zero-order chi connectivity index (χ0) is 13.8.